The number of aromatic amines is 1. The Bertz CT molecular complexity index is 1150. The summed E-state index contributed by atoms with van der Waals surface area (Å²) in [6.45, 7) is 5.70. The van der Waals surface area contributed by atoms with Crippen LogP contribution in [0.3, 0.4) is 0 Å². The first-order chi connectivity index (χ1) is 15.8. The number of piperidine rings is 1. The number of benzene rings is 1. The molecule has 0 aliphatic carbocycles. The Hall–Kier alpha value is -3.23. The van der Waals surface area contributed by atoms with Gasteiger partial charge in [-0.15, -0.1) is 0 Å². The van der Waals surface area contributed by atoms with Crippen molar-refractivity contribution in [2.24, 2.45) is 5.10 Å². The van der Waals surface area contributed by atoms with Crippen molar-refractivity contribution in [3.05, 3.63) is 51.3 Å². The molecule has 172 valence electrons. The quantitative estimate of drug-likeness (QED) is 0.561. The lowest BCUT2D eigenvalue weighted by molar-refractivity contribution is -0.00163. The third kappa shape index (κ3) is 4.77. The summed E-state index contributed by atoms with van der Waals surface area (Å²) in [5.41, 5.74) is 4.69. The third-order valence-electron chi connectivity index (χ3n) is 6.06. The molecule has 3 N–H and O–H groups in total. The van der Waals surface area contributed by atoms with E-state index >= 15 is 0 Å². The lowest BCUT2D eigenvalue weighted by Crippen LogP contribution is -2.58. The first-order valence-electron chi connectivity index (χ1n) is 10.6. The zero-order chi connectivity index (χ0) is 23.6. The number of rotatable bonds is 5. The highest BCUT2D eigenvalue weighted by Crippen LogP contribution is 2.35. The van der Waals surface area contributed by atoms with Crippen LogP contribution in [0.15, 0.2) is 33.8 Å². The van der Waals surface area contributed by atoms with Crippen LogP contribution in [0, 0.1) is 18.3 Å². The molecule has 2 aromatic rings. The van der Waals surface area contributed by atoms with E-state index in [1.807, 2.05) is 13.0 Å². The number of aromatic nitrogens is 2. The molecule has 0 radical (unpaired) electrons. The Morgan fingerprint density at radius 2 is 2.15 bits per heavy atom. The standard InChI is InChI=1S/C22H24BrN7O3/c1-13-9-18(27-26-13)20(31)25-12-14(2)30-7-5-22(6-8-30)19(28-29-21(32)33-22)16-4-3-15(11-24)10-17(16)23/h3-4,9-10,14H,5-8,12H2,1-2H3,(H,25,31)(H,26,27)(H,29,32)/t14-/m1/s1. The van der Waals surface area contributed by atoms with Gasteiger partial charge >= 0.3 is 6.09 Å². The largest absolute Gasteiger partial charge is 0.435 e. The maximum atomic E-state index is 12.3. The van der Waals surface area contributed by atoms with E-state index in [2.05, 4.69) is 59.9 Å². The van der Waals surface area contributed by atoms with Crippen LogP contribution in [0.4, 0.5) is 4.79 Å². The second kappa shape index (κ2) is 9.33. The maximum Gasteiger partial charge on any atom is 0.428 e. The molecule has 33 heavy (non-hydrogen) atoms. The predicted molar refractivity (Wildman–Crippen MR) is 124 cm³/mol. The van der Waals surface area contributed by atoms with Crippen molar-refractivity contribution in [3.63, 3.8) is 0 Å². The average molecular weight is 514 g/mol. The number of H-pyrrole nitrogens is 1. The smallest absolute Gasteiger partial charge is 0.428 e. The fourth-order valence-corrected chi connectivity index (χ4v) is 4.76. The zero-order valence-corrected chi connectivity index (χ0v) is 19.9. The van der Waals surface area contributed by atoms with Gasteiger partial charge in [-0.2, -0.15) is 15.5 Å². The van der Waals surface area contributed by atoms with Crippen LogP contribution in [-0.2, 0) is 4.74 Å². The van der Waals surface area contributed by atoms with E-state index in [9.17, 15) is 9.59 Å². The molecule has 1 aromatic carbocycles. The van der Waals surface area contributed by atoms with Gasteiger partial charge in [0.2, 0.25) is 0 Å². The Morgan fingerprint density at radius 3 is 2.79 bits per heavy atom. The minimum atomic E-state index is -0.856. The summed E-state index contributed by atoms with van der Waals surface area (Å²) >= 11 is 3.52. The highest BCUT2D eigenvalue weighted by atomic mass is 79.9. The van der Waals surface area contributed by atoms with Gasteiger partial charge in [0.15, 0.2) is 5.60 Å². The van der Waals surface area contributed by atoms with Crippen molar-refractivity contribution >= 4 is 33.6 Å². The molecule has 0 saturated carbocycles. The van der Waals surface area contributed by atoms with Crippen LogP contribution in [0.25, 0.3) is 0 Å². The molecule has 10 nitrogen and oxygen atoms in total. The van der Waals surface area contributed by atoms with E-state index in [4.69, 9.17) is 10.00 Å². The van der Waals surface area contributed by atoms with Crippen molar-refractivity contribution in [1.82, 2.24) is 25.8 Å². The van der Waals surface area contributed by atoms with Gasteiger partial charge in [0.05, 0.1) is 11.6 Å². The first-order valence-corrected chi connectivity index (χ1v) is 11.4. The monoisotopic (exact) mass is 513 g/mol. The van der Waals surface area contributed by atoms with Crippen LogP contribution in [0.5, 0.6) is 0 Å². The second-order valence-electron chi connectivity index (χ2n) is 8.29. The van der Waals surface area contributed by atoms with Gasteiger partial charge in [0.25, 0.3) is 5.91 Å². The molecule has 4 rings (SSSR count). The van der Waals surface area contributed by atoms with Crippen LogP contribution >= 0.6 is 15.9 Å². The summed E-state index contributed by atoms with van der Waals surface area (Å²) in [6.07, 6.45) is 0.539. The lowest BCUT2D eigenvalue weighted by Gasteiger charge is -2.44. The molecule has 1 atom stereocenters. The minimum absolute atomic E-state index is 0.0887. The summed E-state index contributed by atoms with van der Waals surface area (Å²) in [5, 5.41) is 23.2. The number of hydrogen-bond acceptors (Lipinski definition) is 7. The molecule has 11 heteroatoms. The summed E-state index contributed by atoms with van der Waals surface area (Å²) in [7, 11) is 0. The van der Waals surface area contributed by atoms with Crippen LogP contribution in [-0.4, -0.2) is 64.1 Å². The molecule has 0 unspecified atom stereocenters. The summed E-state index contributed by atoms with van der Waals surface area (Å²) < 4.78 is 6.52. The Morgan fingerprint density at radius 1 is 1.39 bits per heavy atom. The number of likely N-dealkylation sites (tertiary alicyclic amines) is 1. The molecule has 1 spiro atoms. The number of ether oxygens (including phenoxy) is 1. The van der Waals surface area contributed by atoms with Crippen LogP contribution < -0.4 is 10.7 Å². The molecule has 1 aromatic heterocycles. The zero-order valence-electron chi connectivity index (χ0n) is 18.3. The summed E-state index contributed by atoms with van der Waals surface area (Å²) in [6, 6.07) is 9.16. The van der Waals surface area contributed by atoms with Gasteiger partial charge in [0.1, 0.15) is 11.4 Å². The highest BCUT2D eigenvalue weighted by molar-refractivity contribution is 9.10. The van der Waals surface area contributed by atoms with E-state index in [-0.39, 0.29) is 11.9 Å². The number of carbonyl (C=O) groups is 2. The summed E-state index contributed by atoms with van der Waals surface area (Å²) in [4.78, 5) is 26.6. The topological polar surface area (TPSA) is 136 Å². The van der Waals surface area contributed by atoms with E-state index in [0.717, 1.165) is 11.3 Å². The van der Waals surface area contributed by atoms with Crippen molar-refractivity contribution in [2.75, 3.05) is 19.6 Å². The maximum absolute atomic E-state index is 12.3. The normalized spacial score (nSPS) is 18.6. The van der Waals surface area contributed by atoms with Crippen molar-refractivity contribution in [1.29, 1.82) is 5.26 Å². The molecular formula is C22H24BrN7O3. The number of nitrogens with zero attached hydrogens (tertiary/aromatic N) is 4. The molecule has 1 fully saturated rings. The van der Waals surface area contributed by atoms with Gasteiger partial charge in [0, 0.05) is 54.2 Å². The van der Waals surface area contributed by atoms with Gasteiger partial charge in [-0.1, -0.05) is 22.0 Å². The fourth-order valence-electron chi connectivity index (χ4n) is 4.19. The molecule has 1 saturated heterocycles. The summed E-state index contributed by atoms with van der Waals surface area (Å²) in [5.74, 6) is -0.216. The van der Waals surface area contributed by atoms with Gasteiger partial charge < -0.3 is 10.1 Å². The van der Waals surface area contributed by atoms with Crippen molar-refractivity contribution in [3.8, 4) is 6.07 Å². The number of hydrazone groups is 1. The molecule has 2 amide bonds. The Labute approximate surface area is 199 Å². The Kier molecular flexibility index (Phi) is 6.49. The lowest BCUT2D eigenvalue weighted by atomic mass is 9.82. The molecule has 3 heterocycles. The van der Waals surface area contributed by atoms with E-state index in [1.54, 1.807) is 18.2 Å². The van der Waals surface area contributed by atoms with Crippen LogP contribution in [0.2, 0.25) is 0 Å². The number of carbonyl (C=O) groups excluding carboxylic acids is 2. The van der Waals surface area contributed by atoms with Crippen molar-refractivity contribution < 1.29 is 14.3 Å². The molecule has 2 aliphatic heterocycles. The van der Waals surface area contributed by atoms with E-state index < -0.39 is 11.7 Å². The van der Waals surface area contributed by atoms with E-state index in [1.165, 1.54) is 0 Å². The average Bonchev–Trinajstić information content (AvgIpc) is 3.24. The molecule has 2 aliphatic rings. The Balaban J connectivity index is 1.43. The van der Waals surface area contributed by atoms with Crippen LogP contribution in [0.1, 0.15) is 47.1 Å². The number of nitriles is 1. The number of nitrogens with one attached hydrogen (secondary N) is 3. The second-order valence-corrected chi connectivity index (χ2v) is 9.15. The number of hydrogen-bond donors (Lipinski definition) is 3. The fraction of sp³-hybridized carbons (Fsp3) is 0.409. The predicted octanol–water partition coefficient (Wildman–Crippen LogP) is 2.45. The number of halogens is 1. The first kappa shape index (κ1) is 22.9. The number of amides is 2. The highest BCUT2D eigenvalue weighted by Gasteiger charge is 2.47. The minimum Gasteiger partial charge on any atom is -0.435 e. The van der Waals surface area contributed by atoms with Crippen molar-refractivity contribution in [2.45, 2.75) is 38.3 Å². The third-order valence-corrected chi connectivity index (χ3v) is 6.71. The molecular weight excluding hydrogens is 490 g/mol. The number of aryl methyl sites for hydroxylation is 1. The van der Waals surface area contributed by atoms with Gasteiger partial charge in [-0.25, -0.2) is 10.2 Å². The van der Waals surface area contributed by atoms with E-state index in [0.29, 0.717) is 53.9 Å². The SMILES string of the molecule is Cc1cc(C(=O)NC[C@@H](C)N2CCC3(CC2)OC(=O)NN=C3c2ccc(C#N)cc2Br)n[nH]1. The molecule has 0 bridgehead atoms. The van der Waals surface area contributed by atoms with Gasteiger partial charge in [-0.3, -0.25) is 14.8 Å². The van der Waals surface area contributed by atoms with Gasteiger partial charge in [-0.05, 0) is 32.0 Å².